The van der Waals surface area contributed by atoms with E-state index in [4.69, 9.17) is 0 Å². The highest BCUT2D eigenvalue weighted by atomic mass is 16.1. The van der Waals surface area contributed by atoms with E-state index in [1.807, 2.05) is 29.8 Å². The van der Waals surface area contributed by atoms with Crippen LogP contribution >= 0.6 is 0 Å². The molecule has 4 rings (SSSR count). The van der Waals surface area contributed by atoms with Crippen LogP contribution in [0, 0.1) is 6.92 Å². The molecule has 0 fully saturated rings. The highest BCUT2D eigenvalue weighted by Gasteiger charge is 2.11. The van der Waals surface area contributed by atoms with Gasteiger partial charge in [0.05, 0.1) is 12.2 Å². The number of ketones is 1. The Morgan fingerprint density at radius 3 is 2.47 bits per heavy atom. The molecule has 30 heavy (non-hydrogen) atoms. The second kappa shape index (κ2) is 8.12. The number of carbonyl (C=O) groups excluding carboxylic acids is 1. The van der Waals surface area contributed by atoms with E-state index in [0.717, 1.165) is 17.1 Å². The molecule has 1 N–H and O–H groups in total. The van der Waals surface area contributed by atoms with Crippen LogP contribution in [0.2, 0.25) is 0 Å². The zero-order chi connectivity index (χ0) is 21.1. The van der Waals surface area contributed by atoms with Gasteiger partial charge in [0.1, 0.15) is 5.82 Å². The van der Waals surface area contributed by atoms with E-state index < -0.39 is 0 Å². The average molecular weight is 400 g/mol. The number of nitrogens with one attached hydrogen (secondary N) is 1. The maximum atomic E-state index is 12.6. The van der Waals surface area contributed by atoms with Gasteiger partial charge in [-0.1, -0.05) is 0 Å². The number of nitrogens with zero attached hydrogens (tertiary/aromatic N) is 5. The van der Waals surface area contributed by atoms with Gasteiger partial charge < -0.3 is 9.88 Å². The Kier molecular flexibility index (Phi) is 5.21. The molecule has 0 saturated carbocycles. The molecule has 0 bridgehead atoms. The smallest absolute Gasteiger partial charge is 0.255 e. The number of hydrogen-bond donors (Lipinski definition) is 1. The summed E-state index contributed by atoms with van der Waals surface area (Å²) in [6, 6.07) is 12.3. The average Bonchev–Trinajstić information content (AvgIpc) is 3.21. The number of rotatable bonds is 6. The molecular weight excluding hydrogens is 380 g/mol. The molecule has 3 aromatic heterocycles. The quantitative estimate of drug-likeness (QED) is 0.500. The summed E-state index contributed by atoms with van der Waals surface area (Å²) in [5.41, 5.74) is 2.59. The predicted octanol–water partition coefficient (Wildman–Crippen LogP) is 2.63. The third-order valence-electron chi connectivity index (χ3n) is 4.81. The third kappa shape index (κ3) is 3.88. The molecule has 150 valence electrons. The Morgan fingerprint density at radius 2 is 1.80 bits per heavy atom. The summed E-state index contributed by atoms with van der Waals surface area (Å²) in [5.74, 6) is 1.10. The normalized spacial score (nSPS) is 10.7. The lowest BCUT2D eigenvalue weighted by Gasteiger charge is -2.11. The van der Waals surface area contributed by atoms with Gasteiger partial charge >= 0.3 is 0 Å². The van der Waals surface area contributed by atoms with E-state index in [2.05, 4.69) is 20.3 Å². The minimum Gasteiger partial charge on any atom is -0.348 e. The fraction of sp³-hybridized carbons (Fsp3) is 0.136. The van der Waals surface area contributed by atoms with Gasteiger partial charge in [0.2, 0.25) is 5.95 Å². The van der Waals surface area contributed by atoms with Crippen LogP contribution in [0.15, 0.2) is 72.0 Å². The molecule has 0 aliphatic carbocycles. The van der Waals surface area contributed by atoms with Gasteiger partial charge in [-0.3, -0.25) is 19.1 Å². The first kappa shape index (κ1) is 19.3. The zero-order valence-electron chi connectivity index (χ0n) is 16.6. The number of anilines is 1. The number of benzene rings is 1. The Balaban J connectivity index is 1.51. The summed E-state index contributed by atoms with van der Waals surface area (Å²) in [6.45, 7) is 1.93. The molecule has 8 heteroatoms. The molecule has 0 aliphatic heterocycles. The number of pyridine rings is 1. The Morgan fingerprint density at radius 1 is 1.07 bits per heavy atom. The minimum absolute atomic E-state index is 0.0174. The number of Topliss-reactive ketones (excluding diaryl/α,β-unsaturated/α-hetero) is 1. The first-order valence-corrected chi connectivity index (χ1v) is 9.39. The lowest BCUT2D eigenvalue weighted by molar-refractivity contribution is 0.101. The van der Waals surface area contributed by atoms with Gasteiger partial charge in [-0.2, -0.15) is 0 Å². The molecule has 0 aliphatic rings. The van der Waals surface area contributed by atoms with E-state index in [9.17, 15) is 9.59 Å². The van der Waals surface area contributed by atoms with Crippen LogP contribution in [-0.2, 0) is 7.05 Å². The maximum Gasteiger partial charge on any atom is 0.255 e. The van der Waals surface area contributed by atoms with Gasteiger partial charge in [-0.25, -0.2) is 9.97 Å². The Labute approximate surface area is 172 Å². The van der Waals surface area contributed by atoms with E-state index in [0.29, 0.717) is 17.2 Å². The molecule has 0 spiro atoms. The summed E-state index contributed by atoms with van der Waals surface area (Å²) in [6.07, 6.45) is 6.88. The summed E-state index contributed by atoms with van der Waals surface area (Å²) in [4.78, 5) is 37.6. The van der Waals surface area contributed by atoms with Crippen molar-refractivity contribution in [1.82, 2.24) is 24.1 Å². The Hall–Kier alpha value is -4.07. The van der Waals surface area contributed by atoms with Crippen molar-refractivity contribution in [3.05, 3.63) is 89.0 Å². The molecule has 3 heterocycles. The molecule has 8 nitrogen and oxygen atoms in total. The number of hydrogen-bond acceptors (Lipinski definition) is 6. The van der Waals surface area contributed by atoms with Crippen molar-refractivity contribution in [2.45, 2.75) is 6.92 Å². The Bertz CT molecular complexity index is 1240. The van der Waals surface area contributed by atoms with Crippen LogP contribution in [0.3, 0.4) is 0 Å². The standard InChI is InChI=1S/C22H20N6O2/c1-15-24-11-12-28(15)18-5-3-17(4-6-18)20(29)14-25-22-26-19(13-21(30)27(22)2)16-7-9-23-10-8-16/h3-13H,14H2,1-2H3,(H,25,26). The van der Waals surface area contributed by atoms with Gasteiger partial charge in [0, 0.05) is 54.7 Å². The fourth-order valence-electron chi connectivity index (χ4n) is 3.09. The van der Waals surface area contributed by atoms with Crippen molar-refractivity contribution in [2.24, 2.45) is 7.05 Å². The van der Waals surface area contributed by atoms with Crippen LogP contribution in [0.1, 0.15) is 16.2 Å². The molecule has 0 unspecified atom stereocenters. The fourth-order valence-corrected chi connectivity index (χ4v) is 3.09. The summed E-state index contributed by atoms with van der Waals surface area (Å²) in [7, 11) is 1.61. The highest BCUT2D eigenvalue weighted by Crippen LogP contribution is 2.16. The second-order valence-electron chi connectivity index (χ2n) is 6.77. The largest absolute Gasteiger partial charge is 0.348 e. The molecule has 0 saturated heterocycles. The van der Waals surface area contributed by atoms with E-state index in [1.54, 1.807) is 49.9 Å². The molecule has 4 aromatic rings. The van der Waals surface area contributed by atoms with Gasteiger partial charge in [-0.15, -0.1) is 0 Å². The number of carbonyl (C=O) groups is 1. The first-order chi connectivity index (χ1) is 14.5. The molecular formula is C22H20N6O2. The van der Waals surface area contributed by atoms with Crippen LogP contribution in [0.5, 0.6) is 0 Å². The predicted molar refractivity (Wildman–Crippen MR) is 114 cm³/mol. The van der Waals surface area contributed by atoms with Crippen LogP contribution < -0.4 is 10.9 Å². The molecule has 0 amide bonds. The van der Waals surface area contributed by atoms with Gasteiger partial charge in [0.15, 0.2) is 5.78 Å². The van der Waals surface area contributed by atoms with Crippen molar-refractivity contribution >= 4 is 11.7 Å². The molecule has 0 atom stereocenters. The van der Waals surface area contributed by atoms with Crippen molar-refractivity contribution < 1.29 is 4.79 Å². The van der Waals surface area contributed by atoms with Crippen LogP contribution in [0.25, 0.3) is 16.9 Å². The minimum atomic E-state index is -0.216. The second-order valence-corrected chi connectivity index (χ2v) is 6.77. The first-order valence-electron chi connectivity index (χ1n) is 9.39. The number of aromatic nitrogens is 5. The zero-order valence-corrected chi connectivity index (χ0v) is 16.6. The lowest BCUT2D eigenvalue weighted by Crippen LogP contribution is -2.24. The highest BCUT2D eigenvalue weighted by molar-refractivity contribution is 5.99. The molecule has 1 aromatic carbocycles. The van der Waals surface area contributed by atoms with E-state index in [1.165, 1.54) is 10.6 Å². The van der Waals surface area contributed by atoms with E-state index >= 15 is 0 Å². The summed E-state index contributed by atoms with van der Waals surface area (Å²) in [5, 5.41) is 2.98. The topological polar surface area (TPSA) is 94.7 Å². The lowest BCUT2D eigenvalue weighted by atomic mass is 10.1. The number of imidazole rings is 1. The molecule has 0 radical (unpaired) electrons. The van der Waals surface area contributed by atoms with Crippen molar-refractivity contribution in [3.8, 4) is 16.9 Å². The van der Waals surface area contributed by atoms with E-state index in [-0.39, 0.29) is 17.9 Å². The van der Waals surface area contributed by atoms with Crippen molar-refractivity contribution in [2.75, 3.05) is 11.9 Å². The van der Waals surface area contributed by atoms with Gasteiger partial charge in [0.25, 0.3) is 5.56 Å². The summed E-state index contributed by atoms with van der Waals surface area (Å²) >= 11 is 0. The SMILES string of the molecule is Cc1nccn1-c1ccc(C(=O)CNc2nc(-c3ccncc3)cc(=O)n2C)cc1. The number of aryl methyl sites for hydroxylation is 1. The van der Waals surface area contributed by atoms with Crippen molar-refractivity contribution in [1.29, 1.82) is 0 Å². The van der Waals surface area contributed by atoms with Crippen LogP contribution in [-0.4, -0.2) is 36.4 Å². The summed E-state index contributed by atoms with van der Waals surface area (Å²) < 4.78 is 3.32. The van der Waals surface area contributed by atoms with Crippen molar-refractivity contribution in [3.63, 3.8) is 0 Å². The van der Waals surface area contributed by atoms with Crippen LogP contribution in [0.4, 0.5) is 5.95 Å². The maximum absolute atomic E-state index is 12.6. The monoisotopic (exact) mass is 400 g/mol. The third-order valence-corrected chi connectivity index (χ3v) is 4.81. The van der Waals surface area contributed by atoms with Gasteiger partial charge in [-0.05, 0) is 43.3 Å².